The predicted octanol–water partition coefficient (Wildman–Crippen LogP) is 2.14. The summed E-state index contributed by atoms with van der Waals surface area (Å²) in [6.45, 7) is 1.24. The molecule has 2 aliphatic rings. The third-order valence-electron chi connectivity index (χ3n) is 4.68. The van der Waals surface area contributed by atoms with Gasteiger partial charge in [-0.05, 0) is 61.1 Å². The van der Waals surface area contributed by atoms with Crippen molar-refractivity contribution >= 4 is 6.03 Å². The normalized spacial score (nSPS) is 23.9. The van der Waals surface area contributed by atoms with Crippen molar-refractivity contribution in [1.29, 1.82) is 0 Å². The molecule has 1 aromatic carbocycles. The van der Waals surface area contributed by atoms with Crippen molar-refractivity contribution in [3.05, 3.63) is 34.9 Å². The average molecular weight is 288 g/mol. The van der Waals surface area contributed by atoms with E-state index in [4.69, 9.17) is 0 Å². The Morgan fingerprint density at radius 3 is 2.86 bits per heavy atom. The molecule has 2 amide bonds. The molecule has 0 saturated heterocycles. The Morgan fingerprint density at radius 1 is 1.19 bits per heavy atom. The smallest absolute Gasteiger partial charge is 0.315 e. The Hall–Kier alpha value is -1.55. The van der Waals surface area contributed by atoms with E-state index in [1.807, 2.05) is 0 Å². The molecule has 1 aromatic rings. The second-order valence-corrected chi connectivity index (χ2v) is 6.35. The fourth-order valence-corrected chi connectivity index (χ4v) is 3.45. The summed E-state index contributed by atoms with van der Waals surface area (Å²) in [5.74, 6) is 0.422. The zero-order valence-electron chi connectivity index (χ0n) is 12.4. The highest BCUT2D eigenvalue weighted by atomic mass is 16.3. The zero-order valence-corrected chi connectivity index (χ0v) is 12.4. The molecule has 0 spiro atoms. The number of urea groups is 1. The quantitative estimate of drug-likeness (QED) is 0.795. The average Bonchev–Trinajstić information content (AvgIpc) is 3.10. The lowest BCUT2D eigenvalue weighted by molar-refractivity contribution is 0.177. The predicted molar refractivity (Wildman–Crippen MR) is 82.1 cm³/mol. The van der Waals surface area contributed by atoms with Gasteiger partial charge in [0.05, 0.1) is 6.10 Å². The molecule has 0 aliphatic heterocycles. The highest BCUT2D eigenvalue weighted by Crippen LogP contribution is 2.24. The summed E-state index contributed by atoms with van der Waals surface area (Å²) in [6.07, 6.45) is 6.11. The van der Waals surface area contributed by atoms with E-state index in [0.29, 0.717) is 19.0 Å². The molecule has 114 valence electrons. The molecule has 0 bridgehead atoms. The zero-order chi connectivity index (χ0) is 14.7. The minimum atomic E-state index is -0.175. The Kier molecular flexibility index (Phi) is 4.44. The highest BCUT2D eigenvalue weighted by molar-refractivity contribution is 5.73. The third-order valence-corrected chi connectivity index (χ3v) is 4.68. The van der Waals surface area contributed by atoms with E-state index < -0.39 is 0 Å². The molecule has 2 atom stereocenters. The fourth-order valence-electron chi connectivity index (χ4n) is 3.45. The van der Waals surface area contributed by atoms with E-state index in [1.165, 1.54) is 36.0 Å². The number of benzene rings is 1. The van der Waals surface area contributed by atoms with Crippen LogP contribution in [-0.4, -0.2) is 23.8 Å². The summed E-state index contributed by atoms with van der Waals surface area (Å²) >= 11 is 0. The van der Waals surface area contributed by atoms with Crippen LogP contribution in [0.2, 0.25) is 0 Å². The minimum Gasteiger partial charge on any atom is -0.393 e. The first kappa shape index (κ1) is 14.4. The lowest BCUT2D eigenvalue weighted by Crippen LogP contribution is -2.37. The second-order valence-electron chi connectivity index (χ2n) is 6.35. The number of aryl methyl sites for hydroxylation is 2. The number of fused-ring (bicyclic) bond motifs is 1. The lowest BCUT2D eigenvalue weighted by atomic mass is 10.1. The summed E-state index contributed by atoms with van der Waals surface area (Å²) in [6, 6.07) is 6.40. The lowest BCUT2D eigenvalue weighted by Gasteiger charge is -2.12. The van der Waals surface area contributed by atoms with E-state index in [1.54, 1.807) is 0 Å². The molecule has 0 heterocycles. The Balaban J connectivity index is 1.41. The number of carbonyl (C=O) groups excluding carboxylic acids is 1. The highest BCUT2D eigenvalue weighted by Gasteiger charge is 2.22. The molecule has 2 aliphatic carbocycles. The molecule has 3 rings (SSSR count). The van der Waals surface area contributed by atoms with Crippen molar-refractivity contribution in [3.8, 4) is 0 Å². The maximum absolute atomic E-state index is 11.8. The first-order valence-corrected chi connectivity index (χ1v) is 8.01. The number of aliphatic hydroxyl groups excluding tert-OH is 1. The Morgan fingerprint density at radius 2 is 2.05 bits per heavy atom. The van der Waals surface area contributed by atoms with E-state index in [9.17, 15) is 9.90 Å². The molecule has 21 heavy (non-hydrogen) atoms. The third kappa shape index (κ3) is 3.76. The molecule has 0 unspecified atom stereocenters. The molecule has 4 heteroatoms. The molecule has 3 N–H and O–H groups in total. The standard InChI is InChI=1S/C17H24N2O2/c20-16-7-5-13(9-16)11-19-17(21)18-10-12-4-6-14-2-1-3-15(14)8-12/h4,6,8,13,16,20H,1-3,5,7,9-11H2,(H2,18,19,21)/t13-,16+/m0/s1. The molecule has 1 saturated carbocycles. The summed E-state index contributed by atoms with van der Waals surface area (Å²) in [5, 5.41) is 15.3. The van der Waals surface area contributed by atoms with Gasteiger partial charge < -0.3 is 15.7 Å². The van der Waals surface area contributed by atoms with Crippen LogP contribution in [0.25, 0.3) is 0 Å². The van der Waals surface area contributed by atoms with Gasteiger partial charge in [0.25, 0.3) is 0 Å². The molecular weight excluding hydrogens is 264 g/mol. The number of carbonyl (C=O) groups is 1. The monoisotopic (exact) mass is 288 g/mol. The van der Waals surface area contributed by atoms with Crippen molar-refractivity contribution in [2.45, 2.75) is 51.2 Å². The fraction of sp³-hybridized carbons (Fsp3) is 0.588. The van der Waals surface area contributed by atoms with E-state index in [0.717, 1.165) is 19.3 Å². The van der Waals surface area contributed by atoms with Gasteiger partial charge >= 0.3 is 6.03 Å². The van der Waals surface area contributed by atoms with E-state index in [2.05, 4.69) is 28.8 Å². The maximum Gasteiger partial charge on any atom is 0.315 e. The molecule has 1 fully saturated rings. The SMILES string of the molecule is O=C(NCc1ccc2c(c1)CCC2)NC[C@H]1CC[C@@H](O)C1. The number of hydrogen-bond acceptors (Lipinski definition) is 2. The largest absolute Gasteiger partial charge is 0.393 e. The summed E-state index contributed by atoms with van der Waals surface area (Å²) in [7, 11) is 0. The first-order chi connectivity index (χ1) is 10.2. The van der Waals surface area contributed by atoms with Crippen LogP contribution in [0.15, 0.2) is 18.2 Å². The summed E-state index contributed by atoms with van der Waals surface area (Å²) < 4.78 is 0. The van der Waals surface area contributed by atoms with Gasteiger partial charge in [-0.1, -0.05) is 18.2 Å². The van der Waals surface area contributed by atoms with Crippen LogP contribution >= 0.6 is 0 Å². The van der Waals surface area contributed by atoms with Gasteiger partial charge in [0.1, 0.15) is 0 Å². The van der Waals surface area contributed by atoms with Gasteiger partial charge in [0, 0.05) is 13.1 Å². The second kappa shape index (κ2) is 6.48. The number of aliphatic hydroxyl groups is 1. The van der Waals surface area contributed by atoms with E-state index in [-0.39, 0.29) is 12.1 Å². The first-order valence-electron chi connectivity index (χ1n) is 8.01. The van der Waals surface area contributed by atoms with Gasteiger partial charge in [-0.25, -0.2) is 4.79 Å². The van der Waals surface area contributed by atoms with Gasteiger partial charge in [0.15, 0.2) is 0 Å². The van der Waals surface area contributed by atoms with E-state index >= 15 is 0 Å². The Labute approximate surface area is 125 Å². The van der Waals surface area contributed by atoms with Crippen LogP contribution in [0.4, 0.5) is 4.79 Å². The van der Waals surface area contributed by atoms with Crippen LogP contribution in [0.3, 0.4) is 0 Å². The van der Waals surface area contributed by atoms with Gasteiger partial charge in [-0.15, -0.1) is 0 Å². The summed E-state index contributed by atoms with van der Waals surface area (Å²) in [5.41, 5.74) is 4.07. The molecule has 0 aromatic heterocycles. The topological polar surface area (TPSA) is 61.4 Å². The summed E-state index contributed by atoms with van der Waals surface area (Å²) in [4.78, 5) is 11.8. The number of hydrogen-bond donors (Lipinski definition) is 3. The molecule has 0 radical (unpaired) electrons. The van der Waals surface area contributed by atoms with Gasteiger partial charge in [-0.2, -0.15) is 0 Å². The number of nitrogens with one attached hydrogen (secondary N) is 2. The number of amides is 2. The molecular formula is C17H24N2O2. The molecule has 4 nitrogen and oxygen atoms in total. The van der Waals surface area contributed by atoms with Crippen LogP contribution in [0.1, 0.15) is 42.4 Å². The van der Waals surface area contributed by atoms with Crippen LogP contribution < -0.4 is 10.6 Å². The van der Waals surface area contributed by atoms with Crippen molar-refractivity contribution in [1.82, 2.24) is 10.6 Å². The van der Waals surface area contributed by atoms with Gasteiger partial charge in [-0.3, -0.25) is 0 Å². The van der Waals surface area contributed by atoms with Crippen LogP contribution in [-0.2, 0) is 19.4 Å². The Bertz CT molecular complexity index is 516. The van der Waals surface area contributed by atoms with Crippen LogP contribution in [0, 0.1) is 5.92 Å². The number of rotatable bonds is 4. The van der Waals surface area contributed by atoms with Crippen molar-refractivity contribution in [2.75, 3.05) is 6.54 Å². The van der Waals surface area contributed by atoms with Gasteiger partial charge in [0.2, 0.25) is 0 Å². The van der Waals surface area contributed by atoms with Crippen molar-refractivity contribution < 1.29 is 9.90 Å². The minimum absolute atomic E-state index is 0.114. The van der Waals surface area contributed by atoms with Crippen LogP contribution in [0.5, 0.6) is 0 Å². The van der Waals surface area contributed by atoms with Crippen molar-refractivity contribution in [2.24, 2.45) is 5.92 Å². The maximum atomic E-state index is 11.8. The van der Waals surface area contributed by atoms with Crippen molar-refractivity contribution in [3.63, 3.8) is 0 Å².